The van der Waals surface area contributed by atoms with Crippen LogP contribution in [0.5, 0.6) is 0 Å². The zero-order valence-electron chi connectivity index (χ0n) is 10.9. The first kappa shape index (κ1) is 12.2. The van der Waals surface area contributed by atoms with Gasteiger partial charge in [-0.15, -0.1) is 0 Å². The van der Waals surface area contributed by atoms with Gasteiger partial charge in [-0.3, -0.25) is 9.59 Å². The van der Waals surface area contributed by atoms with E-state index < -0.39 is 11.4 Å². The minimum absolute atomic E-state index is 0.237. The molecule has 0 saturated heterocycles. The maximum absolute atomic E-state index is 12.6. The first-order valence-electron chi connectivity index (χ1n) is 6.68. The molecule has 1 aliphatic carbocycles. The first-order chi connectivity index (χ1) is 9.04. The molecule has 1 saturated carbocycles. The van der Waals surface area contributed by atoms with Gasteiger partial charge >= 0.3 is 5.97 Å². The van der Waals surface area contributed by atoms with Crippen molar-refractivity contribution in [2.75, 3.05) is 11.4 Å². The Balaban J connectivity index is 1.98. The fraction of sp³-hybridized carbons (Fsp3) is 0.467. The van der Waals surface area contributed by atoms with Gasteiger partial charge in [-0.05, 0) is 36.8 Å². The minimum atomic E-state index is -1.15. The number of aliphatic carboxylic acids is 1. The summed E-state index contributed by atoms with van der Waals surface area (Å²) in [6, 6.07) is 7.79. The third kappa shape index (κ3) is 1.82. The molecule has 0 radical (unpaired) electrons. The SMILES string of the molecule is CC1Cc2ccccc2N(C(=O)C2(C(=O)O)CC2)C1. The number of amides is 1. The van der Waals surface area contributed by atoms with E-state index in [0.717, 1.165) is 17.7 Å². The van der Waals surface area contributed by atoms with Gasteiger partial charge in [-0.1, -0.05) is 25.1 Å². The zero-order chi connectivity index (χ0) is 13.6. The number of carboxylic acids is 1. The molecule has 3 rings (SSSR count). The lowest BCUT2D eigenvalue weighted by Crippen LogP contribution is -2.45. The second-order valence-corrected chi connectivity index (χ2v) is 5.74. The maximum atomic E-state index is 12.6. The van der Waals surface area contributed by atoms with E-state index in [2.05, 4.69) is 6.92 Å². The number of rotatable bonds is 2. The van der Waals surface area contributed by atoms with Crippen LogP contribution < -0.4 is 4.90 Å². The van der Waals surface area contributed by atoms with Crippen LogP contribution in [0.1, 0.15) is 25.3 Å². The van der Waals surface area contributed by atoms with Gasteiger partial charge < -0.3 is 10.0 Å². The van der Waals surface area contributed by atoms with E-state index in [0.29, 0.717) is 25.3 Å². The van der Waals surface area contributed by atoms with Crippen LogP contribution in [0.4, 0.5) is 5.69 Å². The normalized spacial score (nSPS) is 23.6. The molecule has 19 heavy (non-hydrogen) atoms. The average Bonchev–Trinajstić information content (AvgIpc) is 3.18. The lowest BCUT2D eigenvalue weighted by atomic mass is 9.92. The Kier molecular flexibility index (Phi) is 2.62. The summed E-state index contributed by atoms with van der Waals surface area (Å²) in [5.74, 6) is -0.851. The molecule has 1 N–H and O–H groups in total. The summed E-state index contributed by atoms with van der Waals surface area (Å²) < 4.78 is 0. The van der Waals surface area contributed by atoms with Crippen molar-refractivity contribution in [1.82, 2.24) is 0 Å². The van der Waals surface area contributed by atoms with E-state index in [1.807, 2.05) is 24.3 Å². The molecule has 4 heteroatoms. The van der Waals surface area contributed by atoms with Gasteiger partial charge in [-0.2, -0.15) is 0 Å². The molecule has 1 heterocycles. The van der Waals surface area contributed by atoms with E-state index in [-0.39, 0.29) is 5.91 Å². The number of carbonyl (C=O) groups is 2. The van der Waals surface area contributed by atoms with Gasteiger partial charge in [-0.25, -0.2) is 0 Å². The van der Waals surface area contributed by atoms with Crippen molar-refractivity contribution in [2.45, 2.75) is 26.2 Å². The Morgan fingerprint density at radius 2 is 2.00 bits per heavy atom. The highest BCUT2D eigenvalue weighted by molar-refractivity contribution is 6.12. The number of hydrogen-bond donors (Lipinski definition) is 1. The molecule has 1 amide bonds. The number of hydrogen-bond acceptors (Lipinski definition) is 2. The molecule has 1 atom stereocenters. The smallest absolute Gasteiger partial charge is 0.319 e. The van der Waals surface area contributed by atoms with Crippen LogP contribution in [0, 0.1) is 11.3 Å². The van der Waals surface area contributed by atoms with E-state index in [1.165, 1.54) is 0 Å². The predicted molar refractivity (Wildman–Crippen MR) is 71.0 cm³/mol. The second kappa shape index (κ2) is 4.08. The van der Waals surface area contributed by atoms with Crippen LogP contribution in [0.3, 0.4) is 0 Å². The maximum Gasteiger partial charge on any atom is 0.319 e. The van der Waals surface area contributed by atoms with Crippen molar-refractivity contribution >= 4 is 17.6 Å². The largest absolute Gasteiger partial charge is 0.480 e. The molecule has 4 nitrogen and oxygen atoms in total. The molecule has 1 aromatic carbocycles. The number of anilines is 1. The van der Waals surface area contributed by atoms with Crippen LogP contribution >= 0.6 is 0 Å². The quantitative estimate of drug-likeness (QED) is 0.827. The molecule has 1 aromatic rings. The molecule has 1 unspecified atom stereocenters. The van der Waals surface area contributed by atoms with E-state index >= 15 is 0 Å². The van der Waals surface area contributed by atoms with Crippen molar-refractivity contribution in [3.05, 3.63) is 29.8 Å². The summed E-state index contributed by atoms with van der Waals surface area (Å²) in [7, 11) is 0. The summed E-state index contributed by atoms with van der Waals surface area (Å²) in [6.45, 7) is 2.71. The Bertz CT molecular complexity index is 548. The highest BCUT2D eigenvalue weighted by atomic mass is 16.4. The molecule has 1 aliphatic heterocycles. The van der Waals surface area contributed by atoms with Crippen LogP contribution in [-0.4, -0.2) is 23.5 Å². The molecule has 2 aliphatic rings. The van der Waals surface area contributed by atoms with E-state index in [1.54, 1.807) is 4.90 Å². The van der Waals surface area contributed by atoms with Gasteiger partial charge in [0.1, 0.15) is 5.41 Å². The highest BCUT2D eigenvalue weighted by Gasteiger charge is 2.59. The standard InChI is InChI=1S/C15H17NO3/c1-10-8-11-4-2-3-5-12(11)16(9-10)13(17)15(6-7-15)14(18)19/h2-5,10H,6-9H2,1H3,(H,18,19). The molecule has 0 aromatic heterocycles. The zero-order valence-corrected chi connectivity index (χ0v) is 10.9. The number of carboxylic acid groups (broad SMARTS) is 1. The van der Waals surface area contributed by atoms with Crippen molar-refractivity contribution < 1.29 is 14.7 Å². The van der Waals surface area contributed by atoms with Gasteiger partial charge in [0.2, 0.25) is 5.91 Å². The number of nitrogens with zero attached hydrogens (tertiary/aromatic N) is 1. The van der Waals surface area contributed by atoms with Crippen LogP contribution in [-0.2, 0) is 16.0 Å². The molecule has 0 bridgehead atoms. The summed E-state index contributed by atoms with van der Waals surface area (Å²) >= 11 is 0. The summed E-state index contributed by atoms with van der Waals surface area (Å²) in [5.41, 5.74) is 0.874. The van der Waals surface area contributed by atoms with Gasteiger partial charge in [0.25, 0.3) is 0 Å². The van der Waals surface area contributed by atoms with E-state index in [4.69, 9.17) is 0 Å². The van der Waals surface area contributed by atoms with E-state index in [9.17, 15) is 14.7 Å². The lowest BCUT2D eigenvalue weighted by molar-refractivity contribution is -0.148. The van der Waals surface area contributed by atoms with Crippen molar-refractivity contribution in [3.8, 4) is 0 Å². The Hall–Kier alpha value is -1.84. The summed E-state index contributed by atoms with van der Waals surface area (Å²) in [6.07, 6.45) is 1.88. The molecule has 0 spiro atoms. The van der Waals surface area contributed by atoms with Crippen LogP contribution in [0.15, 0.2) is 24.3 Å². The van der Waals surface area contributed by atoms with Crippen LogP contribution in [0.2, 0.25) is 0 Å². The lowest BCUT2D eigenvalue weighted by Gasteiger charge is -2.34. The third-order valence-corrected chi connectivity index (χ3v) is 4.16. The Labute approximate surface area is 112 Å². The van der Waals surface area contributed by atoms with Crippen molar-refractivity contribution in [3.63, 3.8) is 0 Å². The minimum Gasteiger partial charge on any atom is -0.480 e. The summed E-state index contributed by atoms with van der Waals surface area (Å²) in [4.78, 5) is 25.6. The first-order valence-corrected chi connectivity index (χ1v) is 6.68. The number of carbonyl (C=O) groups excluding carboxylic acids is 1. The Morgan fingerprint density at radius 1 is 1.32 bits per heavy atom. The molecular weight excluding hydrogens is 242 g/mol. The fourth-order valence-corrected chi connectivity index (χ4v) is 2.89. The monoisotopic (exact) mass is 259 g/mol. The van der Waals surface area contributed by atoms with Gasteiger partial charge in [0.15, 0.2) is 0 Å². The van der Waals surface area contributed by atoms with Gasteiger partial charge in [0.05, 0.1) is 0 Å². The molecular formula is C15H17NO3. The third-order valence-electron chi connectivity index (χ3n) is 4.16. The van der Waals surface area contributed by atoms with Gasteiger partial charge in [0, 0.05) is 12.2 Å². The topological polar surface area (TPSA) is 57.6 Å². The number of benzene rings is 1. The fourth-order valence-electron chi connectivity index (χ4n) is 2.89. The number of fused-ring (bicyclic) bond motifs is 1. The highest BCUT2D eigenvalue weighted by Crippen LogP contribution is 2.49. The summed E-state index contributed by atoms with van der Waals surface area (Å²) in [5, 5.41) is 9.27. The molecule has 1 fully saturated rings. The molecule has 100 valence electrons. The van der Waals surface area contributed by atoms with Crippen LogP contribution in [0.25, 0.3) is 0 Å². The van der Waals surface area contributed by atoms with Crippen molar-refractivity contribution in [1.29, 1.82) is 0 Å². The number of para-hydroxylation sites is 1. The second-order valence-electron chi connectivity index (χ2n) is 5.74. The Morgan fingerprint density at radius 3 is 2.63 bits per heavy atom. The average molecular weight is 259 g/mol. The van der Waals surface area contributed by atoms with Crippen molar-refractivity contribution in [2.24, 2.45) is 11.3 Å². The predicted octanol–water partition coefficient (Wildman–Crippen LogP) is 2.08.